The highest BCUT2D eigenvalue weighted by Gasteiger charge is 2.18. The van der Waals surface area contributed by atoms with Gasteiger partial charge in [0.2, 0.25) is 5.89 Å². The van der Waals surface area contributed by atoms with E-state index in [1.54, 1.807) is 0 Å². The molecule has 2 aromatic rings. The highest BCUT2D eigenvalue weighted by Crippen LogP contribution is 2.12. The normalized spacial score (nSPS) is 16.3. The Morgan fingerprint density at radius 1 is 1.44 bits per heavy atom. The van der Waals surface area contributed by atoms with Crippen LogP contribution < -0.4 is 0 Å². The Morgan fingerprint density at radius 2 is 2.38 bits per heavy atom. The predicted molar refractivity (Wildman–Crippen MR) is 55.4 cm³/mol. The van der Waals surface area contributed by atoms with Gasteiger partial charge in [0.25, 0.3) is 0 Å². The van der Waals surface area contributed by atoms with Gasteiger partial charge in [-0.2, -0.15) is 4.98 Å². The summed E-state index contributed by atoms with van der Waals surface area (Å²) in [6, 6.07) is 0. The molecule has 0 atom stereocenters. The average Bonchev–Trinajstić information content (AvgIpc) is 2.87. The zero-order chi connectivity index (χ0) is 11.0. The molecule has 3 heterocycles. The third kappa shape index (κ3) is 1.71. The second-order valence-corrected chi connectivity index (χ2v) is 3.98. The van der Waals surface area contributed by atoms with Crippen LogP contribution in [-0.4, -0.2) is 31.1 Å². The Hall–Kier alpha value is -1.69. The summed E-state index contributed by atoms with van der Waals surface area (Å²) < 4.78 is 7.28. The molecule has 0 unspecified atom stereocenters. The minimum atomic E-state index is 0.678. The van der Waals surface area contributed by atoms with Crippen molar-refractivity contribution in [1.82, 2.24) is 24.6 Å². The standard InChI is InChI=1S/C10H13N5O/c1-8-12-10(16-13-8)7-14-4-5-15-3-2-11-9(15)6-14/h2-3H,4-7H2,1H3. The topological polar surface area (TPSA) is 60.0 Å². The van der Waals surface area contributed by atoms with Crippen molar-refractivity contribution in [3.63, 3.8) is 0 Å². The lowest BCUT2D eigenvalue weighted by atomic mass is 10.3. The van der Waals surface area contributed by atoms with Crippen LogP contribution >= 0.6 is 0 Å². The van der Waals surface area contributed by atoms with E-state index in [0.717, 1.165) is 25.5 Å². The highest BCUT2D eigenvalue weighted by molar-refractivity contribution is 4.96. The lowest BCUT2D eigenvalue weighted by Crippen LogP contribution is -2.33. The Labute approximate surface area is 92.9 Å². The van der Waals surface area contributed by atoms with Crippen LogP contribution in [0.3, 0.4) is 0 Å². The minimum absolute atomic E-state index is 0.678. The molecular weight excluding hydrogens is 206 g/mol. The van der Waals surface area contributed by atoms with Crippen molar-refractivity contribution < 1.29 is 4.52 Å². The number of nitrogens with zero attached hydrogens (tertiary/aromatic N) is 5. The number of fused-ring (bicyclic) bond motifs is 1. The smallest absolute Gasteiger partial charge is 0.240 e. The van der Waals surface area contributed by atoms with Crippen molar-refractivity contribution in [2.45, 2.75) is 26.6 Å². The Bertz CT molecular complexity index is 489. The summed E-state index contributed by atoms with van der Waals surface area (Å²) in [5, 5.41) is 3.78. The molecule has 1 aliphatic rings. The molecule has 0 fully saturated rings. The Kier molecular flexibility index (Phi) is 2.21. The number of aromatic nitrogens is 4. The molecule has 84 valence electrons. The molecule has 0 radical (unpaired) electrons. The zero-order valence-corrected chi connectivity index (χ0v) is 9.13. The van der Waals surface area contributed by atoms with E-state index in [4.69, 9.17) is 4.52 Å². The van der Waals surface area contributed by atoms with Gasteiger partial charge in [0.1, 0.15) is 5.82 Å². The van der Waals surface area contributed by atoms with E-state index in [2.05, 4.69) is 24.6 Å². The quantitative estimate of drug-likeness (QED) is 0.739. The predicted octanol–water partition coefficient (Wildman–Crippen LogP) is 0.590. The Morgan fingerprint density at radius 3 is 3.19 bits per heavy atom. The largest absolute Gasteiger partial charge is 0.338 e. The van der Waals surface area contributed by atoms with Gasteiger partial charge in [-0.15, -0.1) is 0 Å². The van der Waals surface area contributed by atoms with Gasteiger partial charge in [0.05, 0.1) is 13.1 Å². The molecule has 0 aliphatic carbocycles. The van der Waals surface area contributed by atoms with Crippen molar-refractivity contribution in [3.05, 3.63) is 29.9 Å². The molecule has 6 heteroatoms. The van der Waals surface area contributed by atoms with Gasteiger partial charge in [-0.25, -0.2) is 4.98 Å². The molecule has 0 saturated carbocycles. The van der Waals surface area contributed by atoms with Crippen LogP contribution in [0, 0.1) is 6.92 Å². The second-order valence-electron chi connectivity index (χ2n) is 3.98. The van der Waals surface area contributed by atoms with Crippen molar-refractivity contribution >= 4 is 0 Å². The maximum Gasteiger partial charge on any atom is 0.240 e. The van der Waals surface area contributed by atoms with Crippen LogP contribution in [0.15, 0.2) is 16.9 Å². The number of imidazole rings is 1. The third-order valence-electron chi connectivity index (χ3n) is 2.75. The monoisotopic (exact) mass is 219 g/mol. The molecule has 0 N–H and O–H groups in total. The molecule has 0 aromatic carbocycles. The van der Waals surface area contributed by atoms with E-state index in [1.165, 1.54) is 0 Å². The van der Waals surface area contributed by atoms with Crippen LogP contribution in [0.1, 0.15) is 17.5 Å². The molecule has 16 heavy (non-hydrogen) atoms. The van der Waals surface area contributed by atoms with E-state index in [9.17, 15) is 0 Å². The van der Waals surface area contributed by atoms with Gasteiger partial charge < -0.3 is 9.09 Å². The number of aryl methyl sites for hydroxylation is 1. The molecule has 0 spiro atoms. The summed E-state index contributed by atoms with van der Waals surface area (Å²) in [7, 11) is 0. The molecule has 6 nitrogen and oxygen atoms in total. The fourth-order valence-corrected chi connectivity index (χ4v) is 1.95. The third-order valence-corrected chi connectivity index (χ3v) is 2.75. The maximum atomic E-state index is 5.11. The average molecular weight is 219 g/mol. The molecule has 1 aliphatic heterocycles. The number of hydrogen-bond donors (Lipinski definition) is 0. The highest BCUT2D eigenvalue weighted by atomic mass is 16.5. The van der Waals surface area contributed by atoms with Crippen molar-refractivity contribution in [2.24, 2.45) is 0 Å². The van der Waals surface area contributed by atoms with Gasteiger partial charge in [-0.3, -0.25) is 4.90 Å². The number of hydrogen-bond acceptors (Lipinski definition) is 5. The molecule has 3 rings (SSSR count). The first-order valence-corrected chi connectivity index (χ1v) is 5.33. The van der Waals surface area contributed by atoms with Crippen LogP contribution in [0.25, 0.3) is 0 Å². The van der Waals surface area contributed by atoms with Crippen molar-refractivity contribution in [3.8, 4) is 0 Å². The summed E-state index contributed by atoms with van der Waals surface area (Å²) in [4.78, 5) is 10.8. The van der Waals surface area contributed by atoms with Crippen molar-refractivity contribution in [1.29, 1.82) is 0 Å². The van der Waals surface area contributed by atoms with Gasteiger partial charge >= 0.3 is 0 Å². The van der Waals surface area contributed by atoms with Crippen LogP contribution in [0.5, 0.6) is 0 Å². The molecule has 0 saturated heterocycles. The summed E-state index contributed by atoms with van der Waals surface area (Å²) in [5.74, 6) is 2.47. The van der Waals surface area contributed by atoms with Crippen molar-refractivity contribution in [2.75, 3.05) is 6.54 Å². The van der Waals surface area contributed by atoms with E-state index >= 15 is 0 Å². The summed E-state index contributed by atoms with van der Waals surface area (Å²) in [6.45, 7) is 5.34. The minimum Gasteiger partial charge on any atom is -0.338 e. The van der Waals surface area contributed by atoms with E-state index in [-0.39, 0.29) is 0 Å². The Balaban J connectivity index is 1.70. The fraction of sp³-hybridized carbons (Fsp3) is 0.500. The number of rotatable bonds is 2. The first-order chi connectivity index (χ1) is 7.81. The maximum absolute atomic E-state index is 5.11. The zero-order valence-electron chi connectivity index (χ0n) is 9.13. The molecular formula is C10H13N5O. The first kappa shape index (κ1) is 9.53. The lowest BCUT2D eigenvalue weighted by molar-refractivity contribution is 0.183. The fourth-order valence-electron chi connectivity index (χ4n) is 1.95. The van der Waals surface area contributed by atoms with Crippen LogP contribution in [0.4, 0.5) is 0 Å². The van der Waals surface area contributed by atoms with Crippen LogP contribution in [0.2, 0.25) is 0 Å². The van der Waals surface area contributed by atoms with E-state index < -0.39 is 0 Å². The SMILES string of the molecule is Cc1noc(CN2CCn3ccnc3C2)n1. The van der Waals surface area contributed by atoms with Gasteiger partial charge in [0.15, 0.2) is 5.82 Å². The first-order valence-electron chi connectivity index (χ1n) is 5.33. The summed E-state index contributed by atoms with van der Waals surface area (Å²) in [5.41, 5.74) is 0. The molecule has 0 amide bonds. The summed E-state index contributed by atoms with van der Waals surface area (Å²) >= 11 is 0. The van der Waals surface area contributed by atoms with Crippen LogP contribution in [-0.2, 0) is 19.6 Å². The molecule has 2 aromatic heterocycles. The summed E-state index contributed by atoms with van der Waals surface area (Å²) in [6.07, 6.45) is 3.86. The van der Waals surface area contributed by atoms with Gasteiger partial charge in [0, 0.05) is 25.5 Å². The van der Waals surface area contributed by atoms with E-state index in [1.807, 2.05) is 19.3 Å². The molecule has 0 bridgehead atoms. The van der Waals surface area contributed by atoms with Gasteiger partial charge in [-0.1, -0.05) is 5.16 Å². The van der Waals surface area contributed by atoms with E-state index in [0.29, 0.717) is 18.3 Å². The van der Waals surface area contributed by atoms with Gasteiger partial charge in [-0.05, 0) is 6.92 Å². The second kappa shape index (κ2) is 3.71. The lowest BCUT2D eigenvalue weighted by Gasteiger charge is -2.25.